The van der Waals surface area contributed by atoms with Gasteiger partial charge < -0.3 is 24.4 Å². The number of hydrogen-bond donors (Lipinski definition) is 1. The zero-order valence-corrected chi connectivity index (χ0v) is 23.8. The van der Waals surface area contributed by atoms with Gasteiger partial charge in [0.15, 0.2) is 0 Å². The zero-order valence-electron chi connectivity index (χ0n) is 23.8. The Morgan fingerprint density at radius 2 is 1.82 bits per heavy atom. The number of methoxy groups -OCH3 is 1. The summed E-state index contributed by atoms with van der Waals surface area (Å²) in [7, 11) is 7.46. The molecule has 1 saturated heterocycles. The minimum Gasteiger partial charge on any atom is -0.465 e. The lowest BCUT2D eigenvalue weighted by atomic mass is 10.0. The van der Waals surface area contributed by atoms with Crippen molar-refractivity contribution in [3.63, 3.8) is 0 Å². The first-order chi connectivity index (χ1) is 18.3. The molecule has 0 spiro atoms. The number of benzene rings is 1. The van der Waals surface area contributed by atoms with Crippen LogP contribution in [0.25, 0.3) is 6.08 Å². The van der Waals surface area contributed by atoms with Crippen LogP contribution < -0.4 is 10.1 Å². The maximum atomic E-state index is 13.2. The molecule has 0 bridgehead atoms. The van der Waals surface area contributed by atoms with Crippen LogP contribution in [0.1, 0.15) is 32.8 Å². The number of quaternary nitrogens is 1. The number of amidine groups is 1. The highest BCUT2D eigenvalue weighted by atomic mass is 16.7. The monoisotopic (exact) mass is 544 g/mol. The highest BCUT2D eigenvalue weighted by Crippen LogP contribution is 2.41. The first-order valence-corrected chi connectivity index (χ1v) is 12.5. The molecular weight excluding hydrogens is 506 g/mol. The number of rotatable bonds is 9. The highest BCUT2D eigenvalue weighted by Gasteiger charge is 2.72. The maximum absolute atomic E-state index is 13.2. The Morgan fingerprint density at radius 3 is 2.41 bits per heavy atom. The fraction of sp³-hybridized carbons (Fsp3) is 0.481. The third-order valence-electron chi connectivity index (χ3n) is 6.47. The number of urea groups is 1. The van der Waals surface area contributed by atoms with E-state index in [1.54, 1.807) is 37.4 Å². The topological polar surface area (TPSA) is 119 Å². The number of hydroxylamine groups is 3. The van der Waals surface area contributed by atoms with E-state index in [1.165, 1.54) is 21.3 Å². The van der Waals surface area contributed by atoms with Gasteiger partial charge in [0.05, 0.1) is 13.4 Å². The number of alkyl carbamates (subject to hydrolysis) is 1. The van der Waals surface area contributed by atoms with Gasteiger partial charge in [-0.05, 0) is 57.0 Å². The average molecular weight is 545 g/mol. The number of nitrogens with one attached hydrogen (secondary N) is 1. The number of fused-ring (bicyclic) bond motifs is 1. The summed E-state index contributed by atoms with van der Waals surface area (Å²) in [6.45, 7) is 5.86. The molecule has 4 amide bonds. The first-order valence-electron chi connectivity index (χ1n) is 12.5. The number of hydrogen-bond acceptors (Lipinski definition) is 9. The van der Waals surface area contributed by atoms with E-state index in [-0.39, 0.29) is 0 Å². The number of ether oxygens (including phenoxy) is 3. The van der Waals surface area contributed by atoms with Crippen LogP contribution in [-0.4, -0.2) is 97.7 Å². The van der Waals surface area contributed by atoms with Gasteiger partial charge in [0.1, 0.15) is 24.2 Å². The molecule has 0 unspecified atom stereocenters. The van der Waals surface area contributed by atoms with Crippen LogP contribution in [0.3, 0.4) is 0 Å². The highest BCUT2D eigenvalue weighted by molar-refractivity contribution is 6.06. The van der Waals surface area contributed by atoms with Gasteiger partial charge in [0.25, 0.3) is 12.1 Å². The summed E-state index contributed by atoms with van der Waals surface area (Å²) in [5, 5.41) is 2.68. The van der Waals surface area contributed by atoms with E-state index in [0.717, 1.165) is 10.5 Å². The van der Waals surface area contributed by atoms with Crippen molar-refractivity contribution in [2.45, 2.75) is 44.7 Å². The quantitative estimate of drug-likeness (QED) is 0.286. The van der Waals surface area contributed by atoms with E-state index < -0.39 is 40.2 Å². The lowest BCUT2D eigenvalue weighted by Gasteiger charge is -2.47. The van der Waals surface area contributed by atoms with Crippen molar-refractivity contribution in [2.75, 3.05) is 41.9 Å². The largest absolute Gasteiger partial charge is 0.465 e. The first kappa shape index (κ1) is 29.8. The molecule has 3 rings (SSSR count). The fourth-order valence-electron chi connectivity index (χ4n) is 4.33. The van der Waals surface area contributed by atoms with E-state index in [9.17, 15) is 14.4 Å². The van der Waals surface area contributed by atoms with Gasteiger partial charge in [-0.1, -0.05) is 22.9 Å². The van der Waals surface area contributed by atoms with Crippen molar-refractivity contribution in [1.29, 1.82) is 0 Å². The molecule has 2 aliphatic rings. The Bertz CT molecular complexity index is 1170. The lowest BCUT2D eigenvalue weighted by Crippen LogP contribution is -2.78. The summed E-state index contributed by atoms with van der Waals surface area (Å²) in [4.78, 5) is 50.5. The van der Waals surface area contributed by atoms with Gasteiger partial charge in [-0.15, -0.1) is 0 Å². The summed E-state index contributed by atoms with van der Waals surface area (Å²) < 4.78 is 15.9. The molecule has 12 heteroatoms. The van der Waals surface area contributed by atoms with Crippen molar-refractivity contribution in [1.82, 2.24) is 15.1 Å². The molecule has 39 heavy (non-hydrogen) atoms. The van der Waals surface area contributed by atoms with Crippen LogP contribution >= 0.6 is 0 Å². The molecular formula is C27H38N5O7+. The molecule has 0 aromatic heterocycles. The van der Waals surface area contributed by atoms with Gasteiger partial charge in [0.2, 0.25) is 0 Å². The second kappa shape index (κ2) is 11.6. The molecule has 0 aliphatic carbocycles. The molecule has 1 aromatic rings. The van der Waals surface area contributed by atoms with Crippen molar-refractivity contribution in [3.8, 4) is 5.75 Å². The third kappa shape index (κ3) is 5.97. The van der Waals surface area contributed by atoms with E-state index >= 15 is 0 Å². The number of likely N-dealkylation sites (N-methyl/N-ethyl adjacent to an activating group) is 3. The van der Waals surface area contributed by atoms with Gasteiger partial charge in [-0.25, -0.2) is 19.5 Å². The van der Waals surface area contributed by atoms with Gasteiger partial charge in [-0.3, -0.25) is 4.79 Å². The number of amides is 4. The van der Waals surface area contributed by atoms with Crippen LogP contribution in [-0.2, 0) is 19.1 Å². The zero-order chi connectivity index (χ0) is 29.0. The predicted octanol–water partition coefficient (Wildman–Crippen LogP) is 3.12. The smallest absolute Gasteiger partial charge is 0.460 e. The maximum Gasteiger partial charge on any atom is 0.460 e. The number of nitrogens with zero attached hydrogens (tertiary/aromatic N) is 4. The molecule has 2 aliphatic heterocycles. The van der Waals surface area contributed by atoms with E-state index in [4.69, 9.17) is 19.0 Å². The van der Waals surface area contributed by atoms with Crippen LogP contribution in [0.15, 0.2) is 47.7 Å². The van der Waals surface area contributed by atoms with Crippen LogP contribution in [0.4, 0.5) is 9.59 Å². The Labute approximate surface area is 229 Å². The van der Waals surface area contributed by atoms with Crippen molar-refractivity contribution in [3.05, 3.63) is 48.2 Å². The summed E-state index contributed by atoms with van der Waals surface area (Å²) in [5.41, 5.74) is -1.19. The summed E-state index contributed by atoms with van der Waals surface area (Å²) in [6, 6.07) is 6.84. The molecule has 0 saturated carbocycles. The predicted molar refractivity (Wildman–Crippen MR) is 144 cm³/mol. The molecule has 1 aromatic carbocycles. The SMILES string of the molecule is CO[C@]12C(=O)N(C)C(=O)[N@+](C)(OC)[C@@H]1N=C(C=Cc1ccc(OC=CCCNC(=O)OC(C)(C)C)cc1)N2C. The summed E-state index contributed by atoms with van der Waals surface area (Å²) >= 11 is 0. The van der Waals surface area contributed by atoms with Crippen molar-refractivity contribution >= 4 is 29.9 Å². The number of carbonyl (C=O) groups excluding carboxylic acids is 3. The van der Waals surface area contributed by atoms with E-state index in [0.29, 0.717) is 24.6 Å². The average Bonchev–Trinajstić information content (AvgIpc) is 3.19. The molecule has 212 valence electrons. The fourth-order valence-corrected chi connectivity index (χ4v) is 4.33. The second-order valence-corrected chi connectivity index (χ2v) is 10.2. The Morgan fingerprint density at radius 1 is 1.15 bits per heavy atom. The minimum atomic E-state index is -1.53. The standard InChI is InChI=1S/C27H37N5O7/c1-26(2,3)39-24(34)28-17-9-10-18-38-20-14-11-19(12-15-20)13-16-21-29-22-27(36-7,31(21)5)23(33)30(4)25(35)32(22,6)37-8/h10-16,18,22H,9,17H2,1-8H3/p+1/t22-,27-,32+/m0/s1. The van der Waals surface area contributed by atoms with Crippen LogP contribution in [0.2, 0.25) is 0 Å². The normalized spacial score (nSPS) is 25.3. The molecule has 2 heterocycles. The Hall–Kier alpha value is -3.74. The van der Waals surface area contributed by atoms with Crippen LogP contribution in [0, 0.1) is 0 Å². The molecule has 12 nitrogen and oxygen atoms in total. The minimum absolute atomic E-state index is 0.431. The molecule has 1 N–H and O–H groups in total. The third-order valence-corrected chi connectivity index (χ3v) is 6.47. The van der Waals surface area contributed by atoms with Gasteiger partial charge in [-0.2, -0.15) is 4.84 Å². The number of imide groups is 1. The molecule has 1 fully saturated rings. The van der Waals surface area contributed by atoms with Crippen molar-refractivity contribution in [2.24, 2.45) is 4.99 Å². The van der Waals surface area contributed by atoms with Crippen molar-refractivity contribution < 1.29 is 38.1 Å². The van der Waals surface area contributed by atoms with Crippen LogP contribution in [0.5, 0.6) is 5.75 Å². The van der Waals surface area contributed by atoms with Gasteiger partial charge >= 0.3 is 17.8 Å². The second-order valence-electron chi connectivity index (χ2n) is 10.2. The lowest BCUT2D eigenvalue weighted by molar-refractivity contribution is -1.05. The van der Waals surface area contributed by atoms with Gasteiger partial charge in [0, 0.05) is 27.7 Å². The van der Waals surface area contributed by atoms with E-state index in [2.05, 4.69) is 10.3 Å². The molecule has 0 radical (unpaired) electrons. The Balaban J connectivity index is 1.62. The number of carbonyl (C=O) groups is 3. The molecule has 3 atom stereocenters. The summed E-state index contributed by atoms with van der Waals surface area (Å²) in [5.74, 6) is 0.587. The Kier molecular flexibility index (Phi) is 8.84. The van der Waals surface area contributed by atoms with E-state index in [1.807, 2.05) is 51.1 Å². The summed E-state index contributed by atoms with van der Waals surface area (Å²) in [6.07, 6.45) is 6.15. The number of aliphatic imine (C=N–C) groups is 1.